The molecule has 3 rings (SSSR count). The second-order valence-corrected chi connectivity index (χ2v) is 6.58. The van der Waals surface area contributed by atoms with Gasteiger partial charge in [0, 0.05) is 10.7 Å². The van der Waals surface area contributed by atoms with Gasteiger partial charge in [0.25, 0.3) is 0 Å². The van der Waals surface area contributed by atoms with Crippen LogP contribution in [-0.2, 0) is 0 Å². The molecular weight excluding hydrogens is 380 g/mol. The molecule has 120 valence electrons. The van der Waals surface area contributed by atoms with Crippen LogP contribution in [0.2, 0.25) is 5.02 Å². The summed E-state index contributed by atoms with van der Waals surface area (Å²) in [4.78, 5) is 4.36. The van der Waals surface area contributed by atoms with E-state index in [-0.39, 0.29) is 6.17 Å². The highest BCUT2D eigenvalue weighted by molar-refractivity contribution is 9.10. The maximum atomic E-state index is 6.30. The highest BCUT2D eigenvalue weighted by atomic mass is 79.9. The van der Waals surface area contributed by atoms with Crippen molar-refractivity contribution in [3.05, 3.63) is 62.9 Å². The summed E-state index contributed by atoms with van der Waals surface area (Å²) in [6.07, 6.45) is 1.41. The SMILES string of the molecule is Cc1ccc([C@@H](Nc2ccc(Br)cn2)n2nc(C)c(Cl)c2C)o1. The largest absolute Gasteiger partial charge is 0.462 e. The fourth-order valence-electron chi connectivity index (χ4n) is 2.35. The maximum absolute atomic E-state index is 6.30. The van der Waals surface area contributed by atoms with Crippen molar-refractivity contribution in [2.24, 2.45) is 0 Å². The normalized spacial score (nSPS) is 12.4. The van der Waals surface area contributed by atoms with Crippen molar-refractivity contribution in [1.82, 2.24) is 14.8 Å². The second-order valence-electron chi connectivity index (χ2n) is 5.29. The summed E-state index contributed by atoms with van der Waals surface area (Å²) in [7, 11) is 0. The molecule has 23 heavy (non-hydrogen) atoms. The number of nitrogens with one attached hydrogen (secondary N) is 1. The van der Waals surface area contributed by atoms with E-state index in [0.29, 0.717) is 5.02 Å². The van der Waals surface area contributed by atoms with E-state index in [4.69, 9.17) is 16.0 Å². The number of anilines is 1. The molecule has 0 radical (unpaired) electrons. The first-order valence-electron chi connectivity index (χ1n) is 7.11. The Bertz CT molecular complexity index is 825. The summed E-state index contributed by atoms with van der Waals surface area (Å²) < 4.78 is 8.53. The van der Waals surface area contributed by atoms with Gasteiger partial charge >= 0.3 is 0 Å². The number of halogens is 2. The van der Waals surface area contributed by atoms with Crippen LogP contribution in [0.1, 0.15) is 29.1 Å². The Morgan fingerprint density at radius 2 is 2.00 bits per heavy atom. The van der Waals surface area contributed by atoms with Gasteiger partial charge in [-0.2, -0.15) is 5.10 Å². The number of furan rings is 1. The molecular formula is C16H16BrClN4O. The number of aryl methyl sites for hydroxylation is 2. The summed E-state index contributed by atoms with van der Waals surface area (Å²) in [5, 5.41) is 8.54. The Kier molecular flexibility index (Phi) is 4.46. The van der Waals surface area contributed by atoms with Crippen LogP contribution in [0.4, 0.5) is 5.82 Å². The van der Waals surface area contributed by atoms with Crippen molar-refractivity contribution in [3.8, 4) is 0 Å². The molecule has 0 aliphatic carbocycles. The van der Waals surface area contributed by atoms with E-state index in [1.54, 1.807) is 6.20 Å². The van der Waals surface area contributed by atoms with Gasteiger partial charge in [-0.25, -0.2) is 9.67 Å². The van der Waals surface area contributed by atoms with E-state index >= 15 is 0 Å². The van der Waals surface area contributed by atoms with Crippen molar-refractivity contribution in [1.29, 1.82) is 0 Å². The standard InChI is InChI=1S/C16H16BrClN4O/c1-9-4-6-13(23-9)16(20-14-7-5-12(17)8-19-14)22-11(3)15(18)10(2)21-22/h4-8,16H,1-3H3,(H,19,20)/t16-/m0/s1. The lowest BCUT2D eigenvalue weighted by molar-refractivity contribution is 0.412. The van der Waals surface area contributed by atoms with Gasteiger partial charge in [0.15, 0.2) is 6.17 Å². The molecule has 0 aliphatic rings. The molecule has 1 N–H and O–H groups in total. The van der Waals surface area contributed by atoms with Crippen molar-refractivity contribution >= 4 is 33.3 Å². The van der Waals surface area contributed by atoms with Crippen LogP contribution in [0.3, 0.4) is 0 Å². The number of pyridine rings is 1. The first-order chi connectivity index (χ1) is 11.0. The molecule has 1 atom stereocenters. The van der Waals surface area contributed by atoms with Crippen molar-refractivity contribution in [2.45, 2.75) is 26.9 Å². The van der Waals surface area contributed by atoms with Crippen LogP contribution < -0.4 is 5.32 Å². The summed E-state index contributed by atoms with van der Waals surface area (Å²) in [6.45, 7) is 5.72. The molecule has 0 fully saturated rings. The first-order valence-corrected chi connectivity index (χ1v) is 8.28. The number of rotatable bonds is 4. The lowest BCUT2D eigenvalue weighted by atomic mass is 10.3. The molecule has 7 heteroatoms. The molecule has 0 amide bonds. The molecule has 0 bridgehead atoms. The smallest absolute Gasteiger partial charge is 0.180 e. The van der Waals surface area contributed by atoms with Crippen molar-refractivity contribution in [3.63, 3.8) is 0 Å². The average Bonchev–Trinajstić information content (AvgIpc) is 3.06. The fraction of sp³-hybridized carbons (Fsp3) is 0.250. The molecule has 5 nitrogen and oxygen atoms in total. The molecule has 0 spiro atoms. The van der Waals surface area contributed by atoms with E-state index in [9.17, 15) is 0 Å². The minimum Gasteiger partial charge on any atom is -0.462 e. The van der Waals surface area contributed by atoms with Crippen molar-refractivity contribution in [2.75, 3.05) is 5.32 Å². The minimum atomic E-state index is -0.330. The highest BCUT2D eigenvalue weighted by Crippen LogP contribution is 2.28. The van der Waals surface area contributed by atoms with Gasteiger partial charge in [-0.15, -0.1) is 0 Å². The third-order valence-electron chi connectivity index (χ3n) is 3.52. The van der Waals surface area contributed by atoms with Gasteiger partial charge in [-0.3, -0.25) is 0 Å². The minimum absolute atomic E-state index is 0.330. The lowest BCUT2D eigenvalue weighted by Gasteiger charge is -2.19. The summed E-state index contributed by atoms with van der Waals surface area (Å²) >= 11 is 9.68. The van der Waals surface area contributed by atoms with E-state index in [2.05, 4.69) is 31.3 Å². The molecule has 0 unspecified atom stereocenters. The van der Waals surface area contributed by atoms with Gasteiger partial charge in [0.2, 0.25) is 0 Å². The van der Waals surface area contributed by atoms with Crippen LogP contribution in [0, 0.1) is 20.8 Å². The molecule has 0 saturated carbocycles. The molecule has 0 aromatic carbocycles. The topological polar surface area (TPSA) is 55.9 Å². The summed E-state index contributed by atoms with van der Waals surface area (Å²) in [5.74, 6) is 2.30. The van der Waals surface area contributed by atoms with E-state index < -0.39 is 0 Å². The fourth-order valence-corrected chi connectivity index (χ4v) is 2.71. The van der Waals surface area contributed by atoms with Gasteiger partial charge in [-0.1, -0.05) is 11.6 Å². The van der Waals surface area contributed by atoms with Gasteiger partial charge in [0.05, 0.1) is 16.4 Å². The zero-order chi connectivity index (χ0) is 16.6. The highest BCUT2D eigenvalue weighted by Gasteiger charge is 2.22. The van der Waals surface area contributed by atoms with Gasteiger partial charge in [-0.05, 0) is 61.0 Å². The van der Waals surface area contributed by atoms with E-state index in [1.165, 1.54) is 0 Å². The zero-order valence-electron chi connectivity index (χ0n) is 13.0. The molecule has 0 aliphatic heterocycles. The van der Waals surface area contributed by atoms with Crippen LogP contribution in [0.25, 0.3) is 0 Å². The molecule has 3 aromatic heterocycles. The Hall–Kier alpha value is -1.79. The van der Waals surface area contributed by atoms with E-state index in [1.807, 2.05) is 49.7 Å². The second kappa shape index (κ2) is 6.37. The van der Waals surface area contributed by atoms with Gasteiger partial charge in [0.1, 0.15) is 17.3 Å². The Labute approximate surface area is 147 Å². The van der Waals surface area contributed by atoms with Crippen LogP contribution in [0.5, 0.6) is 0 Å². The third kappa shape index (κ3) is 3.28. The molecule has 3 heterocycles. The number of hydrogen-bond acceptors (Lipinski definition) is 4. The van der Waals surface area contributed by atoms with Crippen molar-refractivity contribution < 1.29 is 4.42 Å². The third-order valence-corrected chi connectivity index (χ3v) is 4.54. The van der Waals surface area contributed by atoms with Gasteiger partial charge < -0.3 is 9.73 Å². The lowest BCUT2D eigenvalue weighted by Crippen LogP contribution is -2.22. The maximum Gasteiger partial charge on any atom is 0.180 e. The van der Waals surface area contributed by atoms with Crippen LogP contribution >= 0.6 is 27.5 Å². The molecule has 3 aromatic rings. The number of hydrogen-bond donors (Lipinski definition) is 1. The predicted octanol–water partition coefficient (Wildman–Crippen LogP) is 4.87. The predicted molar refractivity (Wildman–Crippen MR) is 93.9 cm³/mol. The summed E-state index contributed by atoms with van der Waals surface area (Å²) in [5.41, 5.74) is 1.65. The van der Waals surface area contributed by atoms with Crippen LogP contribution in [-0.4, -0.2) is 14.8 Å². The number of aromatic nitrogens is 3. The number of nitrogens with zero attached hydrogens (tertiary/aromatic N) is 3. The Morgan fingerprint density at radius 1 is 1.22 bits per heavy atom. The average molecular weight is 396 g/mol. The van der Waals surface area contributed by atoms with E-state index in [0.717, 1.165) is 33.2 Å². The molecule has 0 saturated heterocycles. The summed E-state index contributed by atoms with van der Waals surface area (Å²) in [6, 6.07) is 7.66. The first kappa shape index (κ1) is 16.1. The Balaban J connectivity index is 2.03. The quantitative estimate of drug-likeness (QED) is 0.684. The monoisotopic (exact) mass is 394 g/mol. The van der Waals surface area contributed by atoms with Crippen LogP contribution in [0.15, 0.2) is 39.4 Å². The Morgan fingerprint density at radius 3 is 2.52 bits per heavy atom. The zero-order valence-corrected chi connectivity index (χ0v) is 15.3.